The fraction of sp³-hybridized carbons (Fsp3) is 0.0476. The summed E-state index contributed by atoms with van der Waals surface area (Å²) in [5.41, 5.74) is 4.01. The van der Waals surface area contributed by atoms with E-state index in [4.69, 9.17) is 21.6 Å². The molecule has 0 aliphatic rings. The van der Waals surface area contributed by atoms with Crippen molar-refractivity contribution in [3.63, 3.8) is 0 Å². The van der Waals surface area contributed by atoms with E-state index < -0.39 is 0 Å². The van der Waals surface area contributed by atoms with Crippen LogP contribution in [0.5, 0.6) is 0 Å². The normalized spacial score (nSPS) is 10.8. The number of aromatic nitrogens is 2. The Balaban J connectivity index is 1.87. The molecule has 0 spiro atoms. The minimum atomic E-state index is 0.702. The first-order valence-electron chi connectivity index (χ1n) is 8.05. The largest absolute Gasteiger partial charge is 0.340 e. The first-order chi connectivity index (χ1) is 12.2. The average molecular weight is 346 g/mol. The van der Waals surface area contributed by atoms with E-state index in [1.54, 1.807) is 0 Å². The second-order valence-corrected chi connectivity index (χ2v) is 6.35. The maximum Gasteiger partial charge on any atom is 0.162 e. The van der Waals surface area contributed by atoms with Crippen LogP contribution in [-0.2, 0) is 0 Å². The molecule has 0 bridgehead atoms. The molecule has 0 fully saturated rings. The lowest BCUT2D eigenvalue weighted by molar-refractivity contribution is 1.22. The number of rotatable bonds is 3. The zero-order valence-electron chi connectivity index (χ0n) is 13.7. The second-order valence-electron chi connectivity index (χ2n) is 5.91. The number of halogens is 1. The fourth-order valence-electron chi connectivity index (χ4n) is 2.72. The van der Waals surface area contributed by atoms with Gasteiger partial charge in [0.2, 0.25) is 0 Å². The highest BCUT2D eigenvalue weighted by Gasteiger charge is 2.10. The van der Waals surface area contributed by atoms with Crippen molar-refractivity contribution in [3.8, 4) is 11.4 Å². The second kappa shape index (κ2) is 6.54. The summed E-state index contributed by atoms with van der Waals surface area (Å²) < 4.78 is 0. The van der Waals surface area contributed by atoms with Crippen molar-refractivity contribution in [2.75, 3.05) is 5.32 Å². The number of benzene rings is 3. The van der Waals surface area contributed by atoms with Crippen LogP contribution in [0.1, 0.15) is 5.56 Å². The van der Waals surface area contributed by atoms with Crippen molar-refractivity contribution in [2.24, 2.45) is 0 Å². The van der Waals surface area contributed by atoms with Gasteiger partial charge < -0.3 is 5.32 Å². The predicted molar refractivity (Wildman–Crippen MR) is 104 cm³/mol. The Morgan fingerprint density at radius 1 is 0.840 bits per heavy atom. The molecule has 0 aliphatic carbocycles. The SMILES string of the molecule is Cc1ccc2nc(-c3ccccc3)nc(Nc3ccc(Cl)cc3)c2c1. The molecule has 0 unspecified atom stereocenters. The van der Waals surface area contributed by atoms with Gasteiger partial charge in [0, 0.05) is 21.7 Å². The summed E-state index contributed by atoms with van der Waals surface area (Å²) in [5, 5.41) is 5.10. The van der Waals surface area contributed by atoms with Crippen molar-refractivity contribution in [1.82, 2.24) is 9.97 Å². The maximum absolute atomic E-state index is 5.98. The van der Waals surface area contributed by atoms with E-state index in [9.17, 15) is 0 Å². The third-order valence-corrected chi connectivity index (χ3v) is 4.24. The number of nitrogens with zero attached hydrogens (tertiary/aromatic N) is 2. The molecule has 4 heteroatoms. The van der Waals surface area contributed by atoms with Crippen LogP contribution in [0.4, 0.5) is 11.5 Å². The summed E-state index contributed by atoms with van der Waals surface area (Å²) in [6.45, 7) is 2.07. The Morgan fingerprint density at radius 2 is 1.60 bits per heavy atom. The number of anilines is 2. The molecule has 0 aliphatic heterocycles. The standard InChI is InChI=1S/C21H16ClN3/c1-14-7-12-19-18(13-14)21(23-17-10-8-16(22)9-11-17)25-20(24-19)15-5-3-2-4-6-15/h2-13H,1H3,(H,23,24,25). The van der Waals surface area contributed by atoms with E-state index in [2.05, 4.69) is 24.4 Å². The molecule has 0 saturated carbocycles. The van der Waals surface area contributed by atoms with Crippen LogP contribution < -0.4 is 5.32 Å². The summed E-state index contributed by atoms with van der Waals surface area (Å²) in [5.74, 6) is 1.49. The third-order valence-electron chi connectivity index (χ3n) is 3.99. The van der Waals surface area contributed by atoms with Crippen LogP contribution in [0.3, 0.4) is 0 Å². The lowest BCUT2D eigenvalue weighted by Gasteiger charge is -2.12. The molecule has 0 atom stereocenters. The van der Waals surface area contributed by atoms with Gasteiger partial charge in [-0.15, -0.1) is 0 Å². The van der Waals surface area contributed by atoms with E-state index in [-0.39, 0.29) is 0 Å². The van der Waals surface area contributed by atoms with Crippen molar-refractivity contribution in [2.45, 2.75) is 6.92 Å². The van der Waals surface area contributed by atoms with Gasteiger partial charge in [-0.3, -0.25) is 0 Å². The number of fused-ring (bicyclic) bond motifs is 1. The first-order valence-corrected chi connectivity index (χ1v) is 8.43. The van der Waals surface area contributed by atoms with Crippen LogP contribution in [0, 0.1) is 6.92 Å². The summed E-state index contributed by atoms with van der Waals surface area (Å²) >= 11 is 5.98. The predicted octanol–water partition coefficient (Wildman–Crippen LogP) is 6.00. The van der Waals surface area contributed by atoms with Crippen LogP contribution in [0.25, 0.3) is 22.3 Å². The lowest BCUT2D eigenvalue weighted by atomic mass is 10.1. The molecule has 1 N–H and O–H groups in total. The zero-order valence-corrected chi connectivity index (χ0v) is 14.5. The van der Waals surface area contributed by atoms with Crippen molar-refractivity contribution in [1.29, 1.82) is 0 Å². The number of nitrogens with one attached hydrogen (secondary N) is 1. The van der Waals surface area contributed by atoms with E-state index in [1.807, 2.05) is 60.7 Å². The van der Waals surface area contributed by atoms with Gasteiger partial charge in [0.15, 0.2) is 5.82 Å². The molecular weight excluding hydrogens is 330 g/mol. The molecule has 122 valence electrons. The fourth-order valence-corrected chi connectivity index (χ4v) is 2.85. The smallest absolute Gasteiger partial charge is 0.162 e. The summed E-state index contributed by atoms with van der Waals surface area (Å²) in [4.78, 5) is 9.51. The van der Waals surface area contributed by atoms with E-state index in [0.717, 1.165) is 28.0 Å². The summed E-state index contributed by atoms with van der Waals surface area (Å²) in [7, 11) is 0. The summed E-state index contributed by atoms with van der Waals surface area (Å²) in [6, 6.07) is 23.8. The lowest BCUT2D eigenvalue weighted by Crippen LogP contribution is -1.99. The van der Waals surface area contributed by atoms with Gasteiger partial charge in [0.1, 0.15) is 5.82 Å². The van der Waals surface area contributed by atoms with Gasteiger partial charge in [0.25, 0.3) is 0 Å². The number of hydrogen-bond acceptors (Lipinski definition) is 3. The highest BCUT2D eigenvalue weighted by molar-refractivity contribution is 6.30. The third kappa shape index (κ3) is 3.32. The summed E-state index contributed by atoms with van der Waals surface area (Å²) in [6.07, 6.45) is 0. The zero-order chi connectivity index (χ0) is 17.2. The number of hydrogen-bond donors (Lipinski definition) is 1. The molecule has 4 aromatic rings. The van der Waals surface area contributed by atoms with Gasteiger partial charge >= 0.3 is 0 Å². The highest BCUT2D eigenvalue weighted by atomic mass is 35.5. The highest BCUT2D eigenvalue weighted by Crippen LogP contribution is 2.28. The van der Waals surface area contributed by atoms with Crippen molar-refractivity contribution < 1.29 is 0 Å². The van der Waals surface area contributed by atoms with Gasteiger partial charge in [-0.2, -0.15) is 0 Å². The molecule has 3 nitrogen and oxygen atoms in total. The Hall–Kier alpha value is -2.91. The van der Waals surface area contributed by atoms with E-state index in [0.29, 0.717) is 10.8 Å². The first kappa shape index (κ1) is 15.6. The van der Waals surface area contributed by atoms with Crippen LogP contribution >= 0.6 is 11.6 Å². The average Bonchev–Trinajstić information content (AvgIpc) is 2.64. The molecule has 25 heavy (non-hydrogen) atoms. The van der Waals surface area contributed by atoms with Gasteiger partial charge in [-0.05, 0) is 43.3 Å². The molecule has 1 heterocycles. The van der Waals surface area contributed by atoms with Crippen LogP contribution in [0.2, 0.25) is 5.02 Å². The van der Waals surface area contributed by atoms with Crippen molar-refractivity contribution >= 4 is 34.0 Å². The van der Waals surface area contributed by atoms with E-state index in [1.165, 1.54) is 5.56 Å². The molecule has 0 amide bonds. The van der Waals surface area contributed by atoms with Gasteiger partial charge in [-0.25, -0.2) is 9.97 Å². The Bertz CT molecular complexity index is 1030. The molecule has 4 rings (SSSR count). The Morgan fingerprint density at radius 3 is 2.36 bits per heavy atom. The minimum Gasteiger partial charge on any atom is -0.340 e. The van der Waals surface area contributed by atoms with Crippen LogP contribution in [0.15, 0.2) is 72.8 Å². The van der Waals surface area contributed by atoms with Crippen molar-refractivity contribution in [3.05, 3.63) is 83.4 Å². The van der Waals surface area contributed by atoms with Gasteiger partial charge in [0.05, 0.1) is 5.52 Å². The quantitative estimate of drug-likeness (QED) is 0.494. The molecular formula is C21H16ClN3. The molecule has 0 radical (unpaired) electrons. The molecule has 1 aromatic heterocycles. The molecule has 0 saturated heterocycles. The minimum absolute atomic E-state index is 0.702. The maximum atomic E-state index is 5.98. The Kier molecular flexibility index (Phi) is 4.08. The monoisotopic (exact) mass is 345 g/mol. The Labute approximate surface area is 151 Å². The molecule has 3 aromatic carbocycles. The van der Waals surface area contributed by atoms with Crippen LogP contribution in [-0.4, -0.2) is 9.97 Å². The van der Waals surface area contributed by atoms with E-state index >= 15 is 0 Å². The van der Waals surface area contributed by atoms with Gasteiger partial charge in [-0.1, -0.05) is 53.6 Å². The topological polar surface area (TPSA) is 37.8 Å². The number of aryl methyl sites for hydroxylation is 1.